The van der Waals surface area contributed by atoms with Crippen LogP contribution in [0.2, 0.25) is 0 Å². The van der Waals surface area contributed by atoms with Crippen LogP contribution in [0.25, 0.3) is 0 Å². The number of ether oxygens (including phenoxy) is 1. The lowest BCUT2D eigenvalue weighted by molar-refractivity contribution is 0.194. The van der Waals surface area contributed by atoms with E-state index >= 15 is 0 Å². The number of hydrogen-bond donors (Lipinski definition) is 0. The Balaban J connectivity index is 2.29. The van der Waals surface area contributed by atoms with Crippen molar-refractivity contribution in [1.82, 2.24) is 0 Å². The molecule has 0 radical (unpaired) electrons. The molecule has 0 spiro atoms. The number of allylic oxidation sites excluding steroid dienone is 8. The van der Waals surface area contributed by atoms with Crippen molar-refractivity contribution < 1.29 is 4.74 Å². The fourth-order valence-corrected chi connectivity index (χ4v) is 2.44. The molecule has 0 aromatic rings. The van der Waals surface area contributed by atoms with Gasteiger partial charge in [-0.25, -0.2) is 0 Å². The summed E-state index contributed by atoms with van der Waals surface area (Å²) >= 11 is 0. The van der Waals surface area contributed by atoms with Gasteiger partial charge in [-0.05, 0) is 36.1 Å². The van der Waals surface area contributed by atoms with Crippen molar-refractivity contribution in [2.75, 3.05) is 6.61 Å². The standard InChI is InChI=1S/C21H29NO/c1-4-5-6-7-8-9-16-23-21-14-12-20(13-15-21)19(3)11-10-18(2)17-22/h10-12,14H,2-9,13,15-16H2,1H3/b11-10-. The maximum absolute atomic E-state index is 8.68. The van der Waals surface area contributed by atoms with Crippen LogP contribution in [0.3, 0.4) is 0 Å². The lowest BCUT2D eigenvalue weighted by Crippen LogP contribution is -2.00. The molecule has 1 aliphatic carbocycles. The largest absolute Gasteiger partial charge is 0.498 e. The average molecular weight is 311 g/mol. The van der Waals surface area contributed by atoms with Gasteiger partial charge >= 0.3 is 0 Å². The minimum atomic E-state index is 0.445. The molecule has 0 amide bonds. The second kappa shape index (κ2) is 11.5. The van der Waals surface area contributed by atoms with Gasteiger partial charge in [-0.15, -0.1) is 0 Å². The van der Waals surface area contributed by atoms with Crippen LogP contribution in [-0.2, 0) is 4.74 Å². The maximum atomic E-state index is 8.68. The lowest BCUT2D eigenvalue weighted by atomic mass is 9.97. The maximum Gasteiger partial charge on any atom is 0.0985 e. The molecule has 0 fully saturated rings. The average Bonchev–Trinajstić information content (AvgIpc) is 2.59. The highest BCUT2D eigenvalue weighted by atomic mass is 16.5. The molecule has 124 valence electrons. The Morgan fingerprint density at radius 3 is 2.52 bits per heavy atom. The van der Waals surface area contributed by atoms with E-state index in [1.807, 2.05) is 18.2 Å². The topological polar surface area (TPSA) is 33.0 Å². The molecule has 0 aromatic carbocycles. The lowest BCUT2D eigenvalue weighted by Gasteiger charge is -2.16. The summed E-state index contributed by atoms with van der Waals surface area (Å²) < 4.78 is 5.84. The van der Waals surface area contributed by atoms with E-state index in [0.717, 1.165) is 37.2 Å². The number of hydrogen-bond acceptors (Lipinski definition) is 2. The molecule has 0 unspecified atom stereocenters. The van der Waals surface area contributed by atoms with Crippen LogP contribution in [0.5, 0.6) is 0 Å². The summed E-state index contributed by atoms with van der Waals surface area (Å²) in [4.78, 5) is 0. The van der Waals surface area contributed by atoms with Crippen molar-refractivity contribution in [2.24, 2.45) is 0 Å². The summed E-state index contributed by atoms with van der Waals surface area (Å²) in [5.74, 6) is 1.07. The van der Waals surface area contributed by atoms with Crippen molar-refractivity contribution in [1.29, 1.82) is 5.26 Å². The van der Waals surface area contributed by atoms with Crippen LogP contribution in [0, 0.1) is 11.3 Å². The Morgan fingerprint density at radius 2 is 1.87 bits per heavy atom. The molecule has 0 bridgehead atoms. The van der Waals surface area contributed by atoms with E-state index in [2.05, 4.69) is 26.2 Å². The van der Waals surface area contributed by atoms with E-state index in [-0.39, 0.29) is 0 Å². The predicted molar refractivity (Wildman–Crippen MR) is 97.8 cm³/mol. The summed E-state index contributed by atoms with van der Waals surface area (Å²) in [6.07, 6.45) is 17.3. The van der Waals surface area contributed by atoms with Crippen molar-refractivity contribution in [3.8, 4) is 6.07 Å². The van der Waals surface area contributed by atoms with Crippen LogP contribution in [0.4, 0.5) is 0 Å². The van der Waals surface area contributed by atoms with E-state index in [0.29, 0.717) is 5.57 Å². The number of nitrogens with zero attached hydrogens (tertiary/aromatic N) is 1. The molecular weight excluding hydrogens is 282 g/mol. The van der Waals surface area contributed by atoms with E-state index in [9.17, 15) is 0 Å². The molecule has 0 aliphatic heterocycles. The van der Waals surface area contributed by atoms with Gasteiger partial charge < -0.3 is 4.74 Å². The molecule has 0 aromatic heterocycles. The van der Waals surface area contributed by atoms with Gasteiger partial charge in [0.2, 0.25) is 0 Å². The Bertz CT molecular complexity index is 529. The molecule has 0 N–H and O–H groups in total. The second-order valence-corrected chi connectivity index (χ2v) is 5.94. The van der Waals surface area contributed by atoms with Gasteiger partial charge in [-0.3, -0.25) is 0 Å². The summed E-state index contributed by atoms with van der Waals surface area (Å²) in [5.41, 5.74) is 2.58. The van der Waals surface area contributed by atoms with Crippen molar-refractivity contribution >= 4 is 0 Å². The van der Waals surface area contributed by atoms with Crippen molar-refractivity contribution in [3.63, 3.8) is 0 Å². The molecule has 0 heterocycles. The first-order valence-corrected chi connectivity index (χ1v) is 8.66. The van der Waals surface area contributed by atoms with Crippen LogP contribution >= 0.6 is 0 Å². The van der Waals surface area contributed by atoms with Gasteiger partial charge in [0.1, 0.15) is 0 Å². The van der Waals surface area contributed by atoms with Crippen LogP contribution in [-0.4, -0.2) is 6.61 Å². The molecule has 2 nitrogen and oxygen atoms in total. The quantitative estimate of drug-likeness (QED) is 0.260. The zero-order chi connectivity index (χ0) is 16.9. The summed E-state index contributed by atoms with van der Waals surface area (Å²) in [6, 6.07) is 2.00. The van der Waals surface area contributed by atoms with Gasteiger partial charge in [0.15, 0.2) is 0 Å². The van der Waals surface area contributed by atoms with Crippen molar-refractivity contribution in [2.45, 2.75) is 58.3 Å². The summed E-state index contributed by atoms with van der Waals surface area (Å²) in [6.45, 7) is 10.7. The molecule has 2 heteroatoms. The first-order chi connectivity index (χ1) is 11.2. The third kappa shape index (κ3) is 8.26. The Hall–Kier alpha value is -2.01. The highest BCUT2D eigenvalue weighted by molar-refractivity contribution is 5.44. The van der Waals surface area contributed by atoms with Gasteiger partial charge in [0.25, 0.3) is 0 Å². The predicted octanol–water partition coefficient (Wildman–Crippen LogP) is 6.16. The minimum absolute atomic E-state index is 0.445. The second-order valence-electron chi connectivity index (χ2n) is 5.94. The number of rotatable bonds is 11. The first-order valence-electron chi connectivity index (χ1n) is 8.66. The van der Waals surface area contributed by atoms with Crippen LogP contribution in [0.15, 0.2) is 59.9 Å². The first kappa shape index (κ1) is 19.0. The third-order valence-corrected chi connectivity index (χ3v) is 3.94. The Kier molecular flexibility index (Phi) is 9.55. The van der Waals surface area contributed by atoms with Gasteiger partial charge in [-0.1, -0.05) is 64.3 Å². The zero-order valence-electron chi connectivity index (χ0n) is 14.4. The number of unbranched alkanes of at least 4 members (excludes halogenated alkanes) is 5. The minimum Gasteiger partial charge on any atom is -0.498 e. The highest BCUT2D eigenvalue weighted by Gasteiger charge is 2.08. The SMILES string of the molecule is C=C(C#N)/C=C\C(=C)C1=CC=C(OCCCCCCCC)CC1. The molecule has 1 rings (SSSR count). The van der Waals surface area contributed by atoms with Crippen molar-refractivity contribution in [3.05, 3.63) is 59.9 Å². The zero-order valence-corrected chi connectivity index (χ0v) is 14.4. The highest BCUT2D eigenvalue weighted by Crippen LogP contribution is 2.25. The van der Waals surface area contributed by atoms with E-state index in [4.69, 9.17) is 10.00 Å². The van der Waals surface area contributed by atoms with E-state index in [1.165, 1.54) is 37.7 Å². The smallest absolute Gasteiger partial charge is 0.0985 e. The monoisotopic (exact) mass is 311 g/mol. The van der Waals surface area contributed by atoms with E-state index in [1.54, 1.807) is 6.08 Å². The van der Waals surface area contributed by atoms with Crippen LogP contribution in [0.1, 0.15) is 58.3 Å². The summed E-state index contributed by atoms with van der Waals surface area (Å²) in [5, 5.41) is 8.68. The van der Waals surface area contributed by atoms with Gasteiger partial charge in [-0.2, -0.15) is 5.26 Å². The fourth-order valence-electron chi connectivity index (χ4n) is 2.44. The number of nitriles is 1. The van der Waals surface area contributed by atoms with E-state index < -0.39 is 0 Å². The molecule has 0 saturated carbocycles. The molecule has 23 heavy (non-hydrogen) atoms. The summed E-state index contributed by atoms with van der Waals surface area (Å²) in [7, 11) is 0. The Morgan fingerprint density at radius 1 is 1.13 bits per heavy atom. The fraction of sp³-hybridized carbons (Fsp3) is 0.476. The van der Waals surface area contributed by atoms with Gasteiger partial charge in [0, 0.05) is 12.0 Å². The Labute approximate surface area is 141 Å². The molecule has 0 atom stereocenters. The normalized spacial score (nSPS) is 14.1. The third-order valence-electron chi connectivity index (χ3n) is 3.94. The molecule has 0 saturated heterocycles. The molecule has 1 aliphatic rings. The van der Waals surface area contributed by atoms with Gasteiger partial charge in [0.05, 0.1) is 18.4 Å². The van der Waals surface area contributed by atoms with Crippen LogP contribution < -0.4 is 0 Å². The molecular formula is C21H29NO.